The summed E-state index contributed by atoms with van der Waals surface area (Å²) in [6.07, 6.45) is -0.221. The van der Waals surface area contributed by atoms with Crippen LogP contribution in [0.3, 0.4) is 0 Å². The third-order valence-electron chi connectivity index (χ3n) is 4.24. The first-order valence-electron chi connectivity index (χ1n) is 7.42. The van der Waals surface area contributed by atoms with Crippen LogP contribution in [0.1, 0.15) is 31.9 Å². The van der Waals surface area contributed by atoms with Crippen LogP contribution in [0, 0.1) is 5.41 Å². The Labute approximate surface area is 129 Å². The van der Waals surface area contributed by atoms with Gasteiger partial charge in [-0.3, -0.25) is 4.79 Å². The SMILES string of the molecule is CC(C)(C[C@H]1COc2cccc3c2B(O1)O[C@@H]3CN)C(=O)O. The summed E-state index contributed by atoms with van der Waals surface area (Å²) in [6, 6.07) is 5.75. The Kier molecular flexibility index (Phi) is 3.88. The van der Waals surface area contributed by atoms with E-state index in [-0.39, 0.29) is 12.2 Å². The third kappa shape index (κ3) is 2.60. The molecular formula is C15H20BNO5. The fraction of sp³-hybridized carbons (Fsp3) is 0.533. The monoisotopic (exact) mass is 305 g/mol. The number of carboxylic acid groups (broad SMARTS) is 1. The summed E-state index contributed by atoms with van der Waals surface area (Å²) in [6.45, 7) is 4.03. The van der Waals surface area contributed by atoms with Gasteiger partial charge in [-0.1, -0.05) is 12.1 Å². The first-order chi connectivity index (χ1) is 10.4. The van der Waals surface area contributed by atoms with Crippen molar-refractivity contribution in [1.82, 2.24) is 0 Å². The van der Waals surface area contributed by atoms with Crippen molar-refractivity contribution >= 4 is 18.6 Å². The third-order valence-corrected chi connectivity index (χ3v) is 4.24. The van der Waals surface area contributed by atoms with Crippen LogP contribution in [-0.4, -0.2) is 37.4 Å². The molecule has 0 aromatic heterocycles. The Morgan fingerprint density at radius 2 is 2.23 bits per heavy atom. The molecule has 22 heavy (non-hydrogen) atoms. The van der Waals surface area contributed by atoms with Crippen LogP contribution in [0.4, 0.5) is 0 Å². The van der Waals surface area contributed by atoms with Gasteiger partial charge in [0.05, 0.1) is 17.6 Å². The predicted molar refractivity (Wildman–Crippen MR) is 81.1 cm³/mol. The van der Waals surface area contributed by atoms with Gasteiger partial charge >= 0.3 is 13.1 Å². The standard InChI is InChI=1S/C15H20BNO5/c1-15(2,14(18)19)6-9-8-20-11-5-3-4-10-12(7-17)22-16(21-9)13(10)11/h3-5,9,12H,6-8,17H2,1-2H3,(H,18,19)/t9-,12+/m0/s1. The minimum atomic E-state index is -0.890. The molecule has 1 aromatic carbocycles. The summed E-state index contributed by atoms with van der Waals surface area (Å²) in [5.74, 6) is -0.125. The highest BCUT2D eigenvalue weighted by molar-refractivity contribution is 6.64. The van der Waals surface area contributed by atoms with E-state index in [4.69, 9.17) is 19.8 Å². The summed E-state index contributed by atoms with van der Waals surface area (Å²) in [7, 11) is -0.545. The summed E-state index contributed by atoms with van der Waals surface area (Å²) < 4.78 is 17.7. The van der Waals surface area contributed by atoms with Gasteiger partial charge in [-0.15, -0.1) is 0 Å². The van der Waals surface area contributed by atoms with Gasteiger partial charge in [-0.05, 0) is 31.9 Å². The molecule has 2 atom stereocenters. The number of rotatable bonds is 4. The lowest BCUT2D eigenvalue weighted by molar-refractivity contribution is -0.148. The molecule has 118 valence electrons. The Morgan fingerprint density at radius 1 is 1.45 bits per heavy atom. The van der Waals surface area contributed by atoms with Crippen molar-refractivity contribution < 1.29 is 23.9 Å². The topological polar surface area (TPSA) is 91.0 Å². The van der Waals surface area contributed by atoms with Gasteiger partial charge in [-0.2, -0.15) is 0 Å². The number of hydrogen-bond donors (Lipinski definition) is 2. The van der Waals surface area contributed by atoms with Crippen LogP contribution in [0.2, 0.25) is 0 Å². The Morgan fingerprint density at radius 3 is 2.91 bits per heavy atom. The van der Waals surface area contributed by atoms with Crippen LogP contribution in [-0.2, 0) is 14.1 Å². The molecule has 0 bridgehead atoms. The molecule has 2 aliphatic rings. The summed E-state index contributed by atoms with van der Waals surface area (Å²) in [5.41, 5.74) is 6.73. The lowest BCUT2D eigenvalue weighted by atomic mass is 9.77. The summed E-state index contributed by atoms with van der Waals surface area (Å²) >= 11 is 0. The zero-order valence-electron chi connectivity index (χ0n) is 12.7. The average Bonchev–Trinajstić information content (AvgIpc) is 2.73. The van der Waals surface area contributed by atoms with Crippen molar-refractivity contribution in [2.24, 2.45) is 11.1 Å². The molecule has 2 heterocycles. The van der Waals surface area contributed by atoms with Crippen molar-refractivity contribution in [3.63, 3.8) is 0 Å². The van der Waals surface area contributed by atoms with Gasteiger partial charge in [0.25, 0.3) is 0 Å². The normalized spacial score (nSPS) is 23.7. The van der Waals surface area contributed by atoms with Crippen LogP contribution < -0.4 is 15.9 Å². The Balaban J connectivity index is 1.84. The summed E-state index contributed by atoms with van der Waals surface area (Å²) in [4.78, 5) is 11.3. The van der Waals surface area contributed by atoms with Crippen LogP contribution >= 0.6 is 0 Å². The van der Waals surface area contributed by atoms with E-state index >= 15 is 0 Å². The van der Waals surface area contributed by atoms with Crippen molar-refractivity contribution in [3.8, 4) is 5.75 Å². The zero-order valence-corrected chi connectivity index (χ0v) is 12.7. The number of nitrogens with two attached hydrogens (primary N) is 1. The molecule has 3 rings (SSSR count). The maximum atomic E-state index is 11.3. The Bertz CT molecular complexity index is 591. The van der Waals surface area contributed by atoms with E-state index in [0.29, 0.717) is 19.6 Å². The zero-order chi connectivity index (χ0) is 15.9. The number of ether oxygens (including phenoxy) is 1. The van der Waals surface area contributed by atoms with E-state index in [1.807, 2.05) is 18.2 Å². The van der Waals surface area contributed by atoms with Gasteiger partial charge in [0.15, 0.2) is 0 Å². The second kappa shape index (κ2) is 5.57. The lowest BCUT2D eigenvalue weighted by Gasteiger charge is -2.26. The fourth-order valence-corrected chi connectivity index (χ4v) is 2.95. The first-order valence-corrected chi connectivity index (χ1v) is 7.42. The molecule has 2 aliphatic heterocycles. The van der Waals surface area contributed by atoms with Gasteiger partial charge in [0, 0.05) is 12.0 Å². The molecule has 6 nitrogen and oxygen atoms in total. The maximum Gasteiger partial charge on any atom is 0.498 e. The van der Waals surface area contributed by atoms with E-state index in [1.54, 1.807) is 13.8 Å². The second-order valence-corrected chi connectivity index (χ2v) is 6.41. The largest absolute Gasteiger partial charge is 0.498 e. The number of benzene rings is 1. The molecule has 0 fully saturated rings. The molecule has 0 amide bonds. The van der Waals surface area contributed by atoms with E-state index in [2.05, 4.69) is 0 Å². The molecular weight excluding hydrogens is 285 g/mol. The maximum absolute atomic E-state index is 11.3. The molecule has 0 radical (unpaired) electrons. The van der Waals surface area contributed by atoms with Crippen LogP contribution in [0.5, 0.6) is 5.75 Å². The molecule has 0 saturated heterocycles. The molecule has 0 unspecified atom stereocenters. The average molecular weight is 305 g/mol. The van der Waals surface area contributed by atoms with Crippen molar-refractivity contribution in [2.75, 3.05) is 13.2 Å². The van der Waals surface area contributed by atoms with Crippen LogP contribution in [0.15, 0.2) is 18.2 Å². The molecule has 0 saturated carbocycles. The van der Waals surface area contributed by atoms with E-state index < -0.39 is 18.5 Å². The summed E-state index contributed by atoms with van der Waals surface area (Å²) in [5, 5.41) is 9.29. The number of aliphatic carboxylic acids is 1. The highest BCUT2D eigenvalue weighted by Gasteiger charge is 2.44. The van der Waals surface area contributed by atoms with Gasteiger partial charge < -0.3 is 24.9 Å². The van der Waals surface area contributed by atoms with Crippen LogP contribution in [0.25, 0.3) is 0 Å². The first kappa shape index (κ1) is 15.3. The molecule has 0 aliphatic carbocycles. The number of hydrogen-bond acceptors (Lipinski definition) is 5. The van der Waals surface area contributed by atoms with Crippen molar-refractivity contribution in [3.05, 3.63) is 23.8 Å². The van der Waals surface area contributed by atoms with Crippen molar-refractivity contribution in [2.45, 2.75) is 32.5 Å². The Hall–Kier alpha value is -1.57. The molecule has 1 aromatic rings. The van der Waals surface area contributed by atoms with E-state index in [0.717, 1.165) is 16.8 Å². The van der Waals surface area contributed by atoms with Gasteiger partial charge in [0.2, 0.25) is 0 Å². The smallest absolute Gasteiger partial charge is 0.491 e. The fourth-order valence-electron chi connectivity index (χ4n) is 2.95. The highest BCUT2D eigenvalue weighted by atomic mass is 16.6. The van der Waals surface area contributed by atoms with E-state index in [1.165, 1.54) is 0 Å². The highest BCUT2D eigenvalue weighted by Crippen LogP contribution is 2.33. The van der Waals surface area contributed by atoms with Gasteiger partial charge in [0.1, 0.15) is 12.4 Å². The lowest BCUT2D eigenvalue weighted by Crippen LogP contribution is -2.39. The minimum absolute atomic E-state index is 0.213. The molecule has 7 heteroatoms. The second-order valence-electron chi connectivity index (χ2n) is 6.41. The van der Waals surface area contributed by atoms with Crippen molar-refractivity contribution in [1.29, 1.82) is 0 Å². The molecule has 3 N–H and O–H groups in total. The quantitative estimate of drug-likeness (QED) is 0.795. The van der Waals surface area contributed by atoms with Gasteiger partial charge in [-0.25, -0.2) is 0 Å². The number of carbonyl (C=O) groups is 1. The predicted octanol–water partition coefficient (Wildman–Crippen LogP) is 0.690. The minimum Gasteiger partial charge on any atom is -0.491 e. The number of carboxylic acids is 1. The molecule has 0 spiro atoms. The van der Waals surface area contributed by atoms with E-state index in [9.17, 15) is 9.90 Å².